The zero-order valence-electron chi connectivity index (χ0n) is 16.3. The number of hydrogen-bond donors (Lipinski definition) is 2. The number of rotatable bonds is 12. The van der Waals surface area contributed by atoms with Crippen LogP contribution in [0.25, 0.3) is 0 Å². The van der Waals surface area contributed by atoms with Crippen LogP contribution in [0.1, 0.15) is 33.7 Å². The van der Waals surface area contributed by atoms with E-state index >= 15 is 0 Å². The molecule has 0 radical (unpaired) electrons. The molecule has 30 heavy (non-hydrogen) atoms. The van der Waals surface area contributed by atoms with Gasteiger partial charge in [0.15, 0.2) is 4.34 Å². The summed E-state index contributed by atoms with van der Waals surface area (Å²) in [5, 5.41) is 24.1. The van der Waals surface area contributed by atoms with Crippen LogP contribution in [0.5, 0.6) is 0 Å². The van der Waals surface area contributed by atoms with Crippen LogP contribution in [0, 0.1) is 5.82 Å². The van der Waals surface area contributed by atoms with Gasteiger partial charge in [-0.25, -0.2) is 4.39 Å². The second-order valence-corrected chi connectivity index (χ2v) is 9.21. The summed E-state index contributed by atoms with van der Waals surface area (Å²) in [6.45, 7) is 4.51. The first-order valence-electron chi connectivity index (χ1n) is 9.27. The molecule has 0 saturated heterocycles. The molecule has 0 aliphatic heterocycles. The smallest absolute Gasteiger partial charge is 0.282 e. The van der Waals surface area contributed by atoms with Gasteiger partial charge < -0.3 is 15.4 Å². The molecule has 2 aromatic heterocycles. The average Bonchev–Trinajstić information content (AvgIpc) is 3.41. The van der Waals surface area contributed by atoms with E-state index in [1.165, 1.54) is 46.6 Å². The van der Waals surface area contributed by atoms with Crippen molar-refractivity contribution < 1.29 is 13.9 Å². The van der Waals surface area contributed by atoms with Crippen molar-refractivity contribution in [3.63, 3.8) is 0 Å². The summed E-state index contributed by atoms with van der Waals surface area (Å²) in [7, 11) is 0. The topological polar surface area (TPSA) is 102 Å². The number of thioether (sulfide) groups is 1. The van der Waals surface area contributed by atoms with Crippen LogP contribution in [-0.4, -0.2) is 46.1 Å². The van der Waals surface area contributed by atoms with Gasteiger partial charge in [0.2, 0.25) is 10.1 Å². The van der Waals surface area contributed by atoms with E-state index in [0.29, 0.717) is 17.3 Å². The number of benzene rings is 1. The standard InChI is InChI=1S/C18H21FN6O2S3/c1-2-27-9-3-8-20-17-24-25-18(30-17)28-11-14-22-23-16(29-14)15(26)21-10-12-4-6-13(19)7-5-12/h4-7H,2-3,8-11H2,1H3,(H,20,24)(H,21,26). The molecule has 1 amide bonds. The van der Waals surface area contributed by atoms with Crippen molar-refractivity contribution >= 4 is 45.5 Å². The Morgan fingerprint density at radius 2 is 2.00 bits per heavy atom. The highest BCUT2D eigenvalue weighted by Gasteiger charge is 2.14. The fraction of sp³-hybridized carbons (Fsp3) is 0.389. The molecule has 8 nitrogen and oxygen atoms in total. The van der Waals surface area contributed by atoms with Crippen LogP contribution >= 0.6 is 34.4 Å². The van der Waals surface area contributed by atoms with Crippen molar-refractivity contribution in [2.45, 2.75) is 30.0 Å². The molecule has 160 valence electrons. The number of nitrogens with one attached hydrogen (secondary N) is 2. The first kappa shape index (κ1) is 22.5. The minimum absolute atomic E-state index is 0.293. The quantitative estimate of drug-likeness (QED) is 0.307. The third-order valence-corrected chi connectivity index (χ3v) is 6.83. The van der Waals surface area contributed by atoms with Crippen molar-refractivity contribution in [2.75, 3.05) is 25.1 Å². The van der Waals surface area contributed by atoms with E-state index in [0.717, 1.165) is 46.2 Å². The maximum absolute atomic E-state index is 12.9. The summed E-state index contributed by atoms with van der Waals surface area (Å²) >= 11 is 4.21. The zero-order valence-corrected chi connectivity index (χ0v) is 18.7. The van der Waals surface area contributed by atoms with Gasteiger partial charge in [0.05, 0.1) is 5.75 Å². The van der Waals surface area contributed by atoms with Gasteiger partial charge in [-0.3, -0.25) is 4.79 Å². The molecule has 0 aliphatic rings. The lowest BCUT2D eigenvalue weighted by Crippen LogP contribution is -2.22. The Hall–Kier alpha value is -2.15. The van der Waals surface area contributed by atoms with Gasteiger partial charge in [-0.05, 0) is 31.0 Å². The van der Waals surface area contributed by atoms with Crippen LogP contribution in [0.15, 0.2) is 28.6 Å². The maximum Gasteiger partial charge on any atom is 0.282 e. The lowest BCUT2D eigenvalue weighted by molar-refractivity contribution is 0.0950. The largest absolute Gasteiger partial charge is 0.382 e. The summed E-state index contributed by atoms with van der Waals surface area (Å²) in [6.07, 6.45) is 0.909. The summed E-state index contributed by atoms with van der Waals surface area (Å²) in [4.78, 5) is 12.2. The van der Waals surface area contributed by atoms with Gasteiger partial charge in [-0.1, -0.05) is 46.6 Å². The molecule has 0 aliphatic carbocycles. The molecule has 2 heterocycles. The Labute approximate surface area is 185 Å². The van der Waals surface area contributed by atoms with Crippen LogP contribution in [0.2, 0.25) is 0 Å². The fourth-order valence-electron chi connectivity index (χ4n) is 2.24. The van der Waals surface area contributed by atoms with Crippen molar-refractivity contribution in [2.24, 2.45) is 0 Å². The molecule has 0 bridgehead atoms. The number of anilines is 1. The highest BCUT2D eigenvalue weighted by Crippen LogP contribution is 2.29. The Balaban J connectivity index is 1.41. The number of carbonyl (C=O) groups is 1. The molecule has 0 saturated carbocycles. The number of carbonyl (C=O) groups excluding carboxylic acids is 1. The Morgan fingerprint density at radius 3 is 2.80 bits per heavy atom. The third-order valence-electron chi connectivity index (χ3n) is 3.70. The van der Waals surface area contributed by atoms with Gasteiger partial charge in [0.25, 0.3) is 5.91 Å². The second kappa shape index (κ2) is 11.9. The molecule has 0 spiro atoms. The molecule has 1 aromatic carbocycles. The number of aromatic nitrogens is 4. The zero-order chi connectivity index (χ0) is 21.2. The van der Waals surface area contributed by atoms with Crippen molar-refractivity contribution in [3.05, 3.63) is 45.7 Å². The normalized spacial score (nSPS) is 10.9. The van der Waals surface area contributed by atoms with Crippen molar-refractivity contribution in [1.82, 2.24) is 25.7 Å². The molecular formula is C18H21FN6O2S3. The maximum atomic E-state index is 12.9. The molecule has 0 unspecified atom stereocenters. The van der Waals surface area contributed by atoms with E-state index < -0.39 is 0 Å². The number of halogens is 1. The second-order valence-electron chi connectivity index (χ2n) is 5.95. The van der Waals surface area contributed by atoms with Crippen molar-refractivity contribution in [1.29, 1.82) is 0 Å². The third kappa shape index (κ3) is 7.27. The number of nitrogens with zero attached hydrogens (tertiary/aromatic N) is 4. The van der Waals surface area contributed by atoms with E-state index in [1.807, 2.05) is 6.92 Å². The minimum atomic E-state index is -0.309. The fourth-order valence-corrected chi connectivity index (χ4v) is 4.76. The van der Waals surface area contributed by atoms with Gasteiger partial charge >= 0.3 is 0 Å². The van der Waals surface area contributed by atoms with E-state index in [1.54, 1.807) is 12.1 Å². The highest BCUT2D eigenvalue weighted by molar-refractivity contribution is 8.00. The van der Waals surface area contributed by atoms with Gasteiger partial charge in [0, 0.05) is 26.3 Å². The van der Waals surface area contributed by atoms with E-state index in [9.17, 15) is 9.18 Å². The first-order chi connectivity index (χ1) is 14.6. The molecule has 12 heteroatoms. The molecule has 2 N–H and O–H groups in total. The SMILES string of the molecule is CCOCCCNc1nnc(SCc2nnc(C(=O)NCc3ccc(F)cc3)s2)s1. The van der Waals surface area contributed by atoms with E-state index in [2.05, 4.69) is 31.0 Å². The molecule has 0 fully saturated rings. The van der Waals surface area contributed by atoms with Gasteiger partial charge in [-0.2, -0.15) is 0 Å². The van der Waals surface area contributed by atoms with Gasteiger partial charge in [-0.15, -0.1) is 20.4 Å². The lowest BCUT2D eigenvalue weighted by Gasteiger charge is -2.02. The summed E-state index contributed by atoms with van der Waals surface area (Å²) < 4.78 is 19.0. The van der Waals surface area contributed by atoms with Gasteiger partial charge in [0.1, 0.15) is 10.8 Å². The van der Waals surface area contributed by atoms with E-state index in [4.69, 9.17) is 4.74 Å². The Bertz CT molecular complexity index is 934. The first-order valence-corrected chi connectivity index (χ1v) is 11.9. The highest BCUT2D eigenvalue weighted by atomic mass is 32.2. The Morgan fingerprint density at radius 1 is 1.17 bits per heavy atom. The number of ether oxygens (including phenoxy) is 1. The van der Waals surface area contributed by atoms with Crippen molar-refractivity contribution in [3.8, 4) is 0 Å². The number of amides is 1. The molecule has 0 atom stereocenters. The van der Waals surface area contributed by atoms with Crippen LogP contribution < -0.4 is 10.6 Å². The predicted molar refractivity (Wildman–Crippen MR) is 117 cm³/mol. The number of hydrogen-bond acceptors (Lipinski definition) is 10. The summed E-state index contributed by atoms with van der Waals surface area (Å²) in [5.41, 5.74) is 0.809. The molecule has 3 rings (SSSR count). The van der Waals surface area contributed by atoms with Crippen LogP contribution in [0.3, 0.4) is 0 Å². The van der Waals surface area contributed by atoms with Crippen LogP contribution in [0.4, 0.5) is 9.52 Å². The van der Waals surface area contributed by atoms with Crippen LogP contribution in [-0.2, 0) is 17.0 Å². The monoisotopic (exact) mass is 468 g/mol. The molecular weight excluding hydrogens is 447 g/mol. The summed E-state index contributed by atoms with van der Waals surface area (Å²) in [6, 6.07) is 5.97. The average molecular weight is 469 g/mol. The summed E-state index contributed by atoms with van der Waals surface area (Å²) in [5.74, 6) is -0.0548. The van der Waals surface area contributed by atoms with E-state index in [-0.39, 0.29) is 11.7 Å². The molecule has 3 aromatic rings. The Kier molecular flexibility index (Phi) is 8.93. The minimum Gasteiger partial charge on any atom is -0.382 e. The predicted octanol–water partition coefficient (Wildman–Crippen LogP) is 3.59. The lowest BCUT2D eigenvalue weighted by atomic mass is 10.2.